The molecule has 0 spiro atoms. The lowest BCUT2D eigenvalue weighted by Gasteiger charge is -2.17. The number of rotatable bonds is 6. The van der Waals surface area contributed by atoms with Crippen LogP contribution in [-0.2, 0) is 11.3 Å². The van der Waals surface area contributed by atoms with Crippen molar-refractivity contribution in [1.82, 2.24) is 10.6 Å². The first kappa shape index (κ1) is 15.2. The third-order valence-electron chi connectivity index (χ3n) is 2.95. The largest absolute Gasteiger partial charge is 0.352 e. The zero-order valence-corrected chi connectivity index (χ0v) is 12.8. The molecule has 100 valence electrons. The molecule has 0 aliphatic carbocycles. The van der Waals surface area contributed by atoms with Crippen molar-refractivity contribution in [3.8, 4) is 0 Å². The van der Waals surface area contributed by atoms with Crippen molar-refractivity contribution in [2.45, 2.75) is 33.4 Å². The lowest BCUT2D eigenvalue weighted by atomic mass is 10.1. The van der Waals surface area contributed by atoms with Crippen LogP contribution >= 0.6 is 15.9 Å². The molecule has 1 aromatic rings. The van der Waals surface area contributed by atoms with Crippen LogP contribution in [0, 0.1) is 5.92 Å². The number of nitrogens with one attached hydrogen (secondary N) is 2. The second-order valence-corrected chi connectivity index (χ2v) is 5.65. The Bertz CT molecular complexity index is 393. The molecule has 4 heteroatoms. The van der Waals surface area contributed by atoms with E-state index < -0.39 is 0 Å². The highest BCUT2D eigenvalue weighted by atomic mass is 79.9. The van der Waals surface area contributed by atoms with Gasteiger partial charge in [0.05, 0.1) is 6.54 Å². The third-order valence-corrected chi connectivity index (χ3v) is 3.72. The maximum absolute atomic E-state index is 11.6. The van der Waals surface area contributed by atoms with Crippen molar-refractivity contribution < 1.29 is 4.79 Å². The molecule has 0 aliphatic heterocycles. The van der Waals surface area contributed by atoms with Crippen molar-refractivity contribution in [2.75, 3.05) is 6.54 Å². The van der Waals surface area contributed by atoms with Crippen LogP contribution in [0.4, 0.5) is 0 Å². The molecular formula is C14H21BrN2O. The van der Waals surface area contributed by atoms with Crippen LogP contribution in [0.25, 0.3) is 0 Å². The minimum Gasteiger partial charge on any atom is -0.352 e. The topological polar surface area (TPSA) is 41.1 Å². The number of amides is 1. The van der Waals surface area contributed by atoms with Gasteiger partial charge >= 0.3 is 0 Å². The molecule has 1 aromatic carbocycles. The molecule has 0 saturated carbocycles. The molecule has 3 nitrogen and oxygen atoms in total. The summed E-state index contributed by atoms with van der Waals surface area (Å²) < 4.78 is 1.06. The molecule has 18 heavy (non-hydrogen) atoms. The lowest BCUT2D eigenvalue weighted by Crippen LogP contribution is -2.41. The van der Waals surface area contributed by atoms with E-state index in [4.69, 9.17) is 0 Å². The van der Waals surface area contributed by atoms with E-state index in [0.717, 1.165) is 10.0 Å². The molecule has 0 heterocycles. The zero-order chi connectivity index (χ0) is 13.5. The molecule has 0 aromatic heterocycles. The highest BCUT2D eigenvalue weighted by Gasteiger charge is 2.10. The van der Waals surface area contributed by atoms with E-state index in [2.05, 4.69) is 40.4 Å². The van der Waals surface area contributed by atoms with Gasteiger partial charge < -0.3 is 10.6 Å². The summed E-state index contributed by atoms with van der Waals surface area (Å²) in [6.45, 7) is 7.25. The monoisotopic (exact) mass is 312 g/mol. The fourth-order valence-electron chi connectivity index (χ4n) is 1.42. The van der Waals surface area contributed by atoms with Gasteiger partial charge in [0, 0.05) is 17.1 Å². The molecule has 1 amide bonds. The van der Waals surface area contributed by atoms with Crippen molar-refractivity contribution in [3.05, 3.63) is 34.3 Å². The first-order valence-electron chi connectivity index (χ1n) is 6.24. The zero-order valence-electron chi connectivity index (χ0n) is 11.2. The summed E-state index contributed by atoms with van der Waals surface area (Å²) in [6, 6.07) is 8.21. The number of halogens is 1. The molecule has 0 aliphatic rings. The van der Waals surface area contributed by atoms with E-state index in [0.29, 0.717) is 19.0 Å². The highest BCUT2D eigenvalue weighted by molar-refractivity contribution is 9.10. The summed E-state index contributed by atoms with van der Waals surface area (Å²) in [4.78, 5) is 11.6. The quantitative estimate of drug-likeness (QED) is 0.848. The smallest absolute Gasteiger partial charge is 0.234 e. The second kappa shape index (κ2) is 7.54. The summed E-state index contributed by atoms with van der Waals surface area (Å²) in [7, 11) is 0. The summed E-state index contributed by atoms with van der Waals surface area (Å²) in [5.41, 5.74) is 1.15. The van der Waals surface area contributed by atoms with E-state index in [1.807, 2.05) is 31.2 Å². The Kier molecular flexibility index (Phi) is 6.36. The van der Waals surface area contributed by atoms with Gasteiger partial charge in [0.2, 0.25) is 5.91 Å². The minimum absolute atomic E-state index is 0.0447. The minimum atomic E-state index is 0.0447. The van der Waals surface area contributed by atoms with Crippen LogP contribution in [0.1, 0.15) is 26.3 Å². The Morgan fingerprint density at radius 2 is 1.94 bits per heavy atom. The standard InChI is InChI=1S/C14H21BrN2O/c1-10(2)11(3)17-14(18)9-16-8-12-6-4-5-7-13(12)15/h4-7,10-11,16H,8-9H2,1-3H3,(H,17,18). The predicted octanol–water partition coefficient (Wildman–Crippen LogP) is 2.70. The molecule has 1 atom stereocenters. The Morgan fingerprint density at radius 1 is 1.28 bits per heavy atom. The summed E-state index contributed by atoms with van der Waals surface area (Å²) in [6.07, 6.45) is 0. The third kappa shape index (κ3) is 5.19. The van der Waals surface area contributed by atoms with Crippen LogP contribution in [-0.4, -0.2) is 18.5 Å². The SMILES string of the molecule is CC(C)C(C)NC(=O)CNCc1ccccc1Br. The van der Waals surface area contributed by atoms with E-state index in [-0.39, 0.29) is 11.9 Å². The summed E-state index contributed by atoms with van der Waals surface area (Å²) in [5.74, 6) is 0.500. The van der Waals surface area contributed by atoms with E-state index in [1.54, 1.807) is 0 Å². The number of carbonyl (C=O) groups excluding carboxylic acids is 1. The Morgan fingerprint density at radius 3 is 2.56 bits per heavy atom. The van der Waals surface area contributed by atoms with Crippen molar-refractivity contribution in [1.29, 1.82) is 0 Å². The maximum atomic E-state index is 11.6. The molecule has 0 fully saturated rings. The van der Waals surface area contributed by atoms with E-state index in [9.17, 15) is 4.79 Å². The highest BCUT2D eigenvalue weighted by Crippen LogP contribution is 2.15. The van der Waals surface area contributed by atoms with E-state index in [1.165, 1.54) is 0 Å². The van der Waals surface area contributed by atoms with Crippen LogP contribution in [0.3, 0.4) is 0 Å². The van der Waals surface area contributed by atoms with Gasteiger partial charge in [0.1, 0.15) is 0 Å². The van der Waals surface area contributed by atoms with Gasteiger partial charge in [-0.05, 0) is 24.5 Å². The molecule has 0 radical (unpaired) electrons. The number of hydrogen-bond acceptors (Lipinski definition) is 2. The molecule has 0 saturated heterocycles. The average Bonchev–Trinajstić information content (AvgIpc) is 2.31. The predicted molar refractivity (Wildman–Crippen MR) is 78.3 cm³/mol. The van der Waals surface area contributed by atoms with Gasteiger partial charge in [-0.1, -0.05) is 48.0 Å². The van der Waals surface area contributed by atoms with Crippen LogP contribution in [0.2, 0.25) is 0 Å². The van der Waals surface area contributed by atoms with Crippen LogP contribution < -0.4 is 10.6 Å². The van der Waals surface area contributed by atoms with Gasteiger partial charge in [0.25, 0.3) is 0 Å². The van der Waals surface area contributed by atoms with Gasteiger partial charge in [0.15, 0.2) is 0 Å². The number of benzene rings is 1. The number of hydrogen-bond donors (Lipinski definition) is 2. The Labute approximate surface area is 117 Å². The Balaban J connectivity index is 2.30. The van der Waals surface area contributed by atoms with Crippen LogP contribution in [0.5, 0.6) is 0 Å². The number of carbonyl (C=O) groups is 1. The normalized spacial score (nSPS) is 12.5. The van der Waals surface area contributed by atoms with Crippen molar-refractivity contribution >= 4 is 21.8 Å². The first-order valence-corrected chi connectivity index (χ1v) is 7.03. The van der Waals surface area contributed by atoms with Crippen molar-refractivity contribution in [3.63, 3.8) is 0 Å². The fourth-order valence-corrected chi connectivity index (χ4v) is 1.85. The summed E-state index contributed by atoms with van der Waals surface area (Å²) in [5, 5.41) is 6.11. The molecule has 0 bridgehead atoms. The van der Waals surface area contributed by atoms with E-state index >= 15 is 0 Å². The first-order chi connectivity index (χ1) is 8.50. The average molecular weight is 313 g/mol. The molecular weight excluding hydrogens is 292 g/mol. The van der Waals surface area contributed by atoms with Gasteiger partial charge in [-0.2, -0.15) is 0 Å². The van der Waals surface area contributed by atoms with Gasteiger partial charge in [-0.15, -0.1) is 0 Å². The van der Waals surface area contributed by atoms with Gasteiger partial charge in [-0.25, -0.2) is 0 Å². The Hall–Kier alpha value is -0.870. The second-order valence-electron chi connectivity index (χ2n) is 4.80. The lowest BCUT2D eigenvalue weighted by molar-refractivity contribution is -0.121. The van der Waals surface area contributed by atoms with Gasteiger partial charge in [-0.3, -0.25) is 4.79 Å². The molecule has 1 rings (SSSR count). The molecule has 2 N–H and O–H groups in total. The van der Waals surface area contributed by atoms with Crippen molar-refractivity contribution in [2.24, 2.45) is 5.92 Å². The maximum Gasteiger partial charge on any atom is 0.234 e. The summed E-state index contributed by atoms with van der Waals surface area (Å²) >= 11 is 3.48. The van der Waals surface area contributed by atoms with Crippen LogP contribution in [0.15, 0.2) is 28.7 Å². The molecule has 1 unspecified atom stereocenters. The fraction of sp³-hybridized carbons (Fsp3) is 0.500.